The van der Waals surface area contributed by atoms with E-state index in [0.717, 1.165) is 17.3 Å². The quantitative estimate of drug-likeness (QED) is 0.575. The van der Waals surface area contributed by atoms with E-state index in [1.54, 1.807) is 32.1 Å². The van der Waals surface area contributed by atoms with Gasteiger partial charge in [-0.25, -0.2) is 0 Å². The molecule has 8 bridgehead atoms. The smallest absolute Gasteiger partial charge is 0.0317 e. The van der Waals surface area contributed by atoms with E-state index in [1.807, 2.05) is 0 Å². The summed E-state index contributed by atoms with van der Waals surface area (Å²) in [5.74, 6) is 9.31. The van der Waals surface area contributed by atoms with Gasteiger partial charge in [-0.2, -0.15) is 0 Å². The molecule has 7 saturated carbocycles. The molecule has 7 aliphatic rings. The molecule has 0 spiro atoms. The van der Waals surface area contributed by atoms with Gasteiger partial charge in [0.05, 0.1) is 0 Å². The fourth-order valence-corrected chi connectivity index (χ4v) is 7.69. The van der Waals surface area contributed by atoms with E-state index in [4.69, 9.17) is 0 Å². The average Bonchev–Trinajstić information content (AvgIpc) is 2.24. The number of hydrogen-bond donors (Lipinski definition) is 0. The summed E-state index contributed by atoms with van der Waals surface area (Å²) in [4.78, 5) is 0. The molecule has 0 aliphatic heterocycles. The highest BCUT2D eigenvalue weighted by Gasteiger charge is 2.67. The van der Waals surface area contributed by atoms with Crippen LogP contribution in [0.4, 0.5) is 0 Å². The maximum absolute atomic E-state index is 2.62. The van der Waals surface area contributed by atoms with Crippen molar-refractivity contribution in [1.29, 1.82) is 0 Å². The average molecular weight is 216 g/mol. The molecule has 0 N–H and O–H groups in total. The second kappa shape index (κ2) is 2.40. The zero-order valence-corrected chi connectivity index (χ0v) is 10.7. The summed E-state index contributed by atoms with van der Waals surface area (Å²) in [5.41, 5.74) is 0.785. The summed E-state index contributed by atoms with van der Waals surface area (Å²) in [6.07, 6.45) is 8.10. The van der Waals surface area contributed by atoms with Gasteiger partial charge < -0.3 is 0 Å². The van der Waals surface area contributed by atoms with Crippen molar-refractivity contribution < 1.29 is 0 Å². The van der Waals surface area contributed by atoms with Crippen molar-refractivity contribution in [3.8, 4) is 0 Å². The van der Waals surface area contributed by atoms with Crippen LogP contribution >= 0.6 is 0 Å². The van der Waals surface area contributed by atoms with Crippen LogP contribution < -0.4 is 0 Å². The normalized spacial score (nSPS) is 73.9. The molecule has 88 valence electrons. The summed E-state index contributed by atoms with van der Waals surface area (Å²) in [7, 11) is 0. The Morgan fingerprint density at radius 1 is 0.812 bits per heavy atom. The van der Waals surface area contributed by atoms with Crippen molar-refractivity contribution in [2.45, 2.75) is 46.0 Å². The lowest BCUT2D eigenvalue weighted by molar-refractivity contribution is -0.248. The molecule has 0 heterocycles. The fourth-order valence-electron chi connectivity index (χ4n) is 7.69. The molecule has 7 rings (SSSR count). The van der Waals surface area contributed by atoms with Crippen LogP contribution in [0.1, 0.15) is 46.0 Å². The third-order valence-electron chi connectivity index (χ3n) is 7.87. The second-order valence-corrected chi connectivity index (χ2v) is 8.41. The van der Waals surface area contributed by atoms with E-state index in [-0.39, 0.29) is 0 Å². The van der Waals surface area contributed by atoms with Gasteiger partial charge >= 0.3 is 0 Å². The Bertz CT molecular complexity index is 333. The van der Waals surface area contributed by atoms with E-state index in [0.29, 0.717) is 0 Å². The maximum Gasteiger partial charge on any atom is -0.0317 e. The SMILES string of the molecule is CC1C2CC3C4CC5(C)CC3C1C(C5)C4C2. The van der Waals surface area contributed by atoms with Gasteiger partial charge in [-0.3, -0.25) is 0 Å². The van der Waals surface area contributed by atoms with E-state index in [1.165, 1.54) is 35.5 Å². The van der Waals surface area contributed by atoms with Crippen LogP contribution in [0.3, 0.4) is 0 Å². The Hall–Kier alpha value is 0. The summed E-state index contributed by atoms with van der Waals surface area (Å²) in [5, 5.41) is 0. The van der Waals surface area contributed by atoms with Gasteiger partial charge in [0.2, 0.25) is 0 Å². The van der Waals surface area contributed by atoms with Crippen LogP contribution in [0, 0.1) is 52.8 Å². The monoisotopic (exact) mass is 216 g/mol. The molecule has 16 heavy (non-hydrogen) atoms. The predicted molar refractivity (Wildman–Crippen MR) is 64.8 cm³/mol. The minimum Gasteiger partial charge on any atom is -0.0620 e. The summed E-state index contributed by atoms with van der Waals surface area (Å²) in [6, 6.07) is 0. The molecular weight excluding hydrogens is 192 g/mol. The van der Waals surface area contributed by atoms with E-state index >= 15 is 0 Å². The molecule has 5 unspecified atom stereocenters. The topological polar surface area (TPSA) is 0 Å². The van der Waals surface area contributed by atoms with E-state index in [9.17, 15) is 0 Å². The van der Waals surface area contributed by atoms with Gasteiger partial charge in [-0.1, -0.05) is 13.8 Å². The molecule has 0 radical (unpaired) electrons. The first-order chi connectivity index (χ1) is 7.66. The highest BCUT2D eigenvalue weighted by Crippen LogP contribution is 2.75. The first kappa shape index (κ1) is 9.00. The predicted octanol–water partition coefficient (Wildman–Crippen LogP) is 3.96. The lowest BCUT2D eigenvalue weighted by Gasteiger charge is -2.74. The van der Waals surface area contributed by atoms with Crippen LogP contribution in [-0.4, -0.2) is 0 Å². The third-order valence-corrected chi connectivity index (χ3v) is 7.87. The molecule has 0 aromatic rings. The Morgan fingerprint density at radius 3 is 2.00 bits per heavy atom. The number of hydrogen-bond acceptors (Lipinski definition) is 0. The second-order valence-electron chi connectivity index (χ2n) is 8.41. The van der Waals surface area contributed by atoms with Crippen LogP contribution in [0.5, 0.6) is 0 Å². The van der Waals surface area contributed by atoms with Gasteiger partial charge in [0.25, 0.3) is 0 Å². The first-order valence-corrected chi connectivity index (χ1v) is 7.66. The molecule has 7 aliphatic carbocycles. The fraction of sp³-hybridized carbons (Fsp3) is 1.00. The zero-order valence-electron chi connectivity index (χ0n) is 10.7. The van der Waals surface area contributed by atoms with E-state index in [2.05, 4.69) is 13.8 Å². The highest BCUT2D eigenvalue weighted by atomic mass is 14.7. The molecule has 7 fully saturated rings. The van der Waals surface area contributed by atoms with E-state index < -0.39 is 0 Å². The van der Waals surface area contributed by atoms with Crippen molar-refractivity contribution >= 4 is 0 Å². The van der Waals surface area contributed by atoms with Crippen LogP contribution in [0.15, 0.2) is 0 Å². The first-order valence-electron chi connectivity index (χ1n) is 7.66. The van der Waals surface area contributed by atoms with Crippen molar-refractivity contribution in [2.24, 2.45) is 52.8 Å². The molecule has 0 saturated heterocycles. The lowest BCUT2D eigenvalue weighted by atomic mass is 9.31. The molecule has 0 nitrogen and oxygen atoms in total. The minimum absolute atomic E-state index is 0.785. The van der Waals surface area contributed by atoms with Crippen molar-refractivity contribution in [2.75, 3.05) is 0 Å². The van der Waals surface area contributed by atoms with Gasteiger partial charge in [0.1, 0.15) is 0 Å². The van der Waals surface area contributed by atoms with Crippen LogP contribution in [0.25, 0.3) is 0 Å². The largest absolute Gasteiger partial charge is 0.0620 e. The van der Waals surface area contributed by atoms with Crippen molar-refractivity contribution in [3.63, 3.8) is 0 Å². The van der Waals surface area contributed by atoms with Crippen LogP contribution in [0.2, 0.25) is 0 Å². The standard InChI is InChI=1S/C16H24/c1-8-9-3-10-12-5-16(2)6-13(10)15(8)14(7-16)11(12)4-9/h8-15H,3-7H2,1-2H3. The lowest BCUT2D eigenvalue weighted by Crippen LogP contribution is -2.66. The molecule has 0 aromatic carbocycles. The molecular formula is C16H24. The highest BCUT2D eigenvalue weighted by molar-refractivity contribution is 5.16. The summed E-state index contributed by atoms with van der Waals surface area (Å²) < 4.78 is 0. The number of rotatable bonds is 0. The van der Waals surface area contributed by atoms with Crippen LogP contribution in [-0.2, 0) is 0 Å². The zero-order chi connectivity index (χ0) is 10.7. The third kappa shape index (κ3) is 0.782. The molecule has 5 atom stereocenters. The van der Waals surface area contributed by atoms with Crippen molar-refractivity contribution in [1.82, 2.24) is 0 Å². The maximum atomic E-state index is 2.62. The minimum atomic E-state index is 0.785. The molecule has 0 aromatic heterocycles. The Morgan fingerprint density at radius 2 is 1.38 bits per heavy atom. The van der Waals surface area contributed by atoms with Gasteiger partial charge in [-0.15, -0.1) is 0 Å². The summed E-state index contributed by atoms with van der Waals surface area (Å²) >= 11 is 0. The summed E-state index contributed by atoms with van der Waals surface area (Å²) in [6.45, 7) is 5.22. The van der Waals surface area contributed by atoms with Gasteiger partial charge in [0.15, 0.2) is 0 Å². The Labute approximate surface area is 99.2 Å². The van der Waals surface area contributed by atoms with Crippen molar-refractivity contribution in [3.05, 3.63) is 0 Å². The Kier molecular flexibility index (Phi) is 1.35. The van der Waals surface area contributed by atoms with Gasteiger partial charge in [0, 0.05) is 0 Å². The Balaban J connectivity index is 1.69. The molecule has 0 amide bonds. The molecule has 0 heteroatoms. The van der Waals surface area contributed by atoms with Gasteiger partial charge in [-0.05, 0) is 84.9 Å².